The lowest BCUT2D eigenvalue weighted by atomic mass is 9.89. The number of rotatable bonds is 3. The van der Waals surface area contributed by atoms with Gasteiger partial charge < -0.3 is 9.88 Å². The first-order valence-electron chi connectivity index (χ1n) is 7.24. The van der Waals surface area contributed by atoms with Crippen molar-refractivity contribution in [3.05, 3.63) is 24.0 Å². The van der Waals surface area contributed by atoms with Crippen LogP contribution >= 0.6 is 0 Å². The summed E-state index contributed by atoms with van der Waals surface area (Å²) in [4.78, 5) is 2.71. The van der Waals surface area contributed by atoms with Gasteiger partial charge in [-0.15, -0.1) is 0 Å². The Morgan fingerprint density at radius 3 is 3.06 bits per heavy atom. The van der Waals surface area contributed by atoms with Crippen molar-refractivity contribution in [3.63, 3.8) is 0 Å². The fourth-order valence-corrected chi connectivity index (χ4v) is 3.66. The molecule has 18 heavy (non-hydrogen) atoms. The summed E-state index contributed by atoms with van der Waals surface area (Å²) in [6, 6.07) is 5.10. The fraction of sp³-hybridized carbons (Fsp3) is 0.733. The van der Waals surface area contributed by atoms with Crippen LogP contribution in [-0.2, 0) is 7.05 Å². The highest BCUT2D eigenvalue weighted by atomic mass is 15.2. The smallest absolute Gasteiger partial charge is 0.0501 e. The maximum Gasteiger partial charge on any atom is 0.0501 e. The first-order valence-corrected chi connectivity index (χ1v) is 7.24. The molecule has 3 heterocycles. The fourth-order valence-electron chi connectivity index (χ4n) is 3.66. The molecule has 3 heteroatoms. The molecule has 2 fully saturated rings. The van der Waals surface area contributed by atoms with Crippen LogP contribution in [0.3, 0.4) is 0 Å². The Morgan fingerprint density at radius 1 is 1.50 bits per heavy atom. The quantitative estimate of drug-likeness (QED) is 0.883. The largest absolute Gasteiger partial charge is 0.353 e. The number of nitrogens with zero attached hydrogens (tertiary/aromatic N) is 2. The predicted molar refractivity (Wildman–Crippen MR) is 74.6 cm³/mol. The zero-order valence-corrected chi connectivity index (χ0v) is 11.7. The molecule has 2 aliphatic rings. The highest BCUT2D eigenvalue weighted by molar-refractivity contribution is 5.13. The predicted octanol–water partition coefficient (Wildman–Crippen LogP) is 2.16. The third-order valence-electron chi connectivity index (χ3n) is 4.73. The summed E-state index contributed by atoms with van der Waals surface area (Å²) >= 11 is 0. The maximum atomic E-state index is 3.52. The highest BCUT2D eigenvalue weighted by Crippen LogP contribution is 2.36. The molecule has 2 saturated heterocycles. The monoisotopic (exact) mass is 247 g/mol. The summed E-state index contributed by atoms with van der Waals surface area (Å²) < 4.78 is 2.29. The van der Waals surface area contributed by atoms with Gasteiger partial charge in [0.25, 0.3) is 0 Å². The standard InChI is InChI=1S/C15H25N3/c1-15(7-8-16-11-15)12-18-10-4-6-14(18)13-5-3-9-17(13)2/h3,5,9,14,16H,4,6-8,10-12H2,1-2H3. The van der Waals surface area contributed by atoms with Gasteiger partial charge in [0, 0.05) is 32.0 Å². The molecular formula is C15H25N3. The SMILES string of the molecule is Cn1cccc1C1CCCN1CC1(C)CCNC1. The molecular weight excluding hydrogens is 222 g/mol. The third-order valence-corrected chi connectivity index (χ3v) is 4.73. The summed E-state index contributed by atoms with van der Waals surface area (Å²) in [7, 11) is 2.17. The molecule has 3 nitrogen and oxygen atoms in total. The van der Waals surface area contributed by atoms with Crippen LogP contribution in [0.5, 0.6) is 0 Å². The Kier molecular flexibility index (Phi) is 3.20. The summed E-state index contributed by atoms with van der Waals surface area (Å²) in [5.74, 6) is 0. The average molecular weight is 247 g/mol. The number of hydrogen-bond donors (Lipinski definition) is 1. The molecule has 100 valence electrons. The lowest BCUT2D eigenvalue weighted by Gasteiger charge is -2.33. The molecule has 0 radical (unpaired) electrons. The molecule has 3 rings (SSSR count). The lowest BCUT2D eigenvalue weighted by molar-refractivity contribution is 0.161. The van der Waals surface area contributed by atoms with E-state index in [4.69, 9.17) is 0 Å². The van der Waals surface area contributed by atoms with Gasteiger partial charge in [0.05, 0.1) is 6.04 Å². The van der Waals surface area contributed by atoms with Crippen LogP contribution < -0.4 is 5.32 Å². The molecule has 0 amide bonds. The Morgan fingerprint density at radius 2 is 2.39 bits per heavy atom. The normalized spacial score (nSPS) is 33.3. The van der Waals surface area contributed by atoms with E-state index in [0.29, 0.717) is 11.5 Å². The van der Waals surface area contributed by atoms with E-state index in [-0.39, 0.29) is 0 Å². The van der Waals surface area contributed by atoms with Gasteiger partial charge in [-0.05, 0) is 49.9 Å². The Balaban J connectivity index is 1.73. The Labute approximate surface area is 110 Å². The average Bonchev–Trinajstić information content (AvgIpc) is 3.01. The van der Waals surface area contributed by atoms with Crippen LogP contribution in [0.15, 0.2) is 18.3 Å². The molecule has 0 aromatic carbocycles. The van der Waals surface area contributed by atoms with E-state index in [0.717, 1.165) is 0 Å². The van der Waals surface area contributed by atoms with E-state index in [1.807, 2.05) is 0 Å². The molecule has 2 unspecified atom stereocenters. The van der Waals surface area contributed by atoms with E-state index in [9.17, 15) is 0 Å². The van der Waals surface area contributed by atoms with Crippen LogP contribution in [0.1, 0.15) is 37.9 Å². The number of likely N-dealkylation sites (tertiary alicyclic amines) is 1. The van der Waals surface area contributed by atoms with Crippen molar-refractivity contribution in [1.29, 1.82) is 0 Å². The summed E-state index contributed by atoms with van der Waals surface area (Å²) in [6.45, 7) is 7.33. The van der Waals surface area contributed by atoms with E-state index in [1.165, 1.54) is 51.1 Å². The Bertz CT molecular complexity index is 404. The van der Waals surface area contributed by atoms with Gasteiger partial charge in [-0.25, -0.2) is 0 Å². The molecule has 2 aliphatic heterocycles. The topological polar surface area (TPSA) is 20.2 Å². The molecule has 1 aromatic rings. The van der Waals surface area contributed by atoms with Crippen molar-refractivity contribution >= 4 is 0 Å². The molecule has 0 aliphatic carbocycles. The second-order valence-corrected chi connectivity index (χ2v) is 6.41. The number of aromatic nitrogens is 1. The van der Waals surface area contributed by atoms with Crippen molar-refractivity contribution in [2.45, 2.75) is 32.2 Å². The van der Waals surface area contributed by atoms with Gasteiger partial charge >= 0.3 is 0 Å². The van der Waals surface area contributed by atoms with Crippen LogP contribution in [0, 0.1) is 5.41 Å². The van der Waals surface area contributed by atoms with E-state index in [2.05, 4.69) is 47.1 Å². The zero-order chi connectivity index (χ0) is 12.6. The maximum absolute atomic E-state index is 3.52. The van der Waals surface area contributed by atoms with Gasteiger partial charge in [-0.3, -0.25) is 4.90 Å². The summed E-state index contributed by atoms with van der Waals surface area (Å²) in [6.07, 6.45) is 6.16. The van der Waals surface area contributed by atoms with Gasteiger partial charge in [0.1, 0.15) is 0 Å². The lowest BCUT2D eigenvalue weighted by Crippen LogP contribution is -2.37. The minimum Gasteiger partial charge on any atom is -0.353 e. The minimum absolute atomic E-state index is 0.480. The molecule has 1 aromatic heterocycles. The van der Waals surface area contributed by atoms with Gasteiger partial charge in [0.15, 0.2) is 0 Å². The van der Waals surface area contributed by atoms with E-state index in [1.54, 1.807) is 0 Å². The highest BCUT2D eigenvalue weighted by Gasteiger charge is 2.35. The summed E-state index contributed by atoms with van der Waals surface area (Å²) in [5.41, 5.74) is 1.97. The molecule has 0 bridgehead atoms. The first kappa shape index (κ1) is 12.2. The number of hydrogen-bond acceptors (Lipinski definition) is 2. The van der Waals surface area contributed by atoms with Crippen LogP contribution in [0.2, 0.25) is 0 Å². The van der Waals surface area contributed by atoms with Crippen molar-refractivity contribution in [3.8, 4) is 0 Å². The molecule has 1 N–H and O–H groups in total. The third kappa shape index (κ3) is 2.21. The minimum atomic E-state index is 0.480. The van der Waals surface area contributed by atoms with Gasteiger partial charge in [0.2, 0.25) is 0 Å². The molecule has 0 spiro atoms. The number of aryl methyl sites for hydroxylation is 1. The summed E-state index contributed by atoms with van der Waals surface area (Å²) in [5, 5.41) is 3.52. The van der Waals surface area contributed by atoms with Crippen molar-refractivity contribution < 1.29 is 0 Å². The van der Waals surface area contributed by atoms with Crippen LogP contribution in [-0.4, -0.2) is 35.6 Å². The Hall–Kier alpha value is -0.800. The molecule has 2 atom stereocenters. The molecule has 0 saturated carbocycles. The van der Waals surface area contributed by atoms with Crippen molar-refractivity contribution in [2.24, 2.45) is 12.5 Å². The van der Waals surface area contributed by atoms with E-state index < -0.39 is 0 Å². The zero-order valence-electron chi connectivity index (χ0n) is 11.7. The first-order chi connectivity index (χ1) is 8.68. The van der Waals surface area contributed by atoms with Crippen LogP contribution in [0.25, 0.3) is 0 Å². The van der Waals surface area contributed by atoms with Gasteiger partial charge in [-0.2, -0.15) is 0 Å². The van der Waals surface area contributed by atoms with Crippen LogP contribution in [0.4, 0.5) is 0 Å². The second kappa shape index (κ2) is 4.71. The van der Waals surface area contributed by atoms with Crippen molar-refractivity contribution in [2.75, 3.05) is 26.2 Å². The number of nitrogens with one attached hydrogen (secondary N) is 1. The van der Waals surface area contributed by atoms with Gasteiger partial charge in [-0.1, -0.05) is 6.92 Å². The second-order valence-electron chi connectivity index (χ2n) is 6.41. The van der Waals surface area contributed by atoms with E-state index >= 15 is 0 Å². The van der Waals surface area contributed by atoms with Crippen molar-refractivity contribution in [1.82, 2.24) is 14.8 Å².